The molecule has 0 amide bonds. The molecular formula is C8H11N5O3. The Hall–Kier alpha value is -1.93. The first-order chi connectivity index (χ1) is 7.72. The Labute approximate surface area is 89.7 Å². The number of nitrogens with two attached hydrogens (primary N) is 1. The van der Waals surface area contributed by atoms with Crippen LogP contribution in [0.3, 0.4) is 0 Å². The molecule has 0 saturated carbocycles. The highest BCUT2D eigenvalue weighted by Gasteiger charge is 2.08. The zero-order valence-electron chi connectivity index (χ0n) is 8.38. The summed E-state index contributed by atoms with van der Waals surface area (Å²) in [5, 5.41) is 12.4. The number of H-pyrrole nitrogens is 1. The monoisotopic (exact) mass is 225 g/mol. The van der Waals surface area contributed by atoms with Crippen molar-refractivity contribution < 1.29 is 9.84 Å². The molecule has 8 nitrogen and oxygen atoms in total. The van der Waals surface area contributed by atoms with E-state index >= 15 is 0 Å². The molecule has 2 rings (SSSR count). The van der Waals surface area contributed by atoms with E-state index in [2.05, 4.69) is 15.1 Å². The minimum absolute atomic E-state index is 0.0291. The van der Waals surface area contributed by atoms with Crippen LogP contribution >= 0.6 is 0 Å². The Morgan fingerprint density at radius 2 is 2.44 bits per heavy atom. The maximum Gasteiger partial charge on any atom is 0.373 e. The molecule has 0 aliphatic rings. The fraction of sp³-hybridized carbons (Fsp3) is 0.375. The molecule has 0 bridgehead atoms. The predicted octanol–water partition coefficient (Wildman–Crippen LogP) is -1.49. The first-order valence-corrected chi connectivity index (χ1v) is 4.63. The molecule has 86 valence electrons. The number of aliphatic hydroxyl groups excluding tert-OH is 1. The van der Waals surface area contributed by atoms with E-state index in [1.165, 1.54) is 6.20 Å². The molecule has 2 aromatic heterocycles. The van der Waals surface area contributed by atoms with Crippen LogP contribution in [0.5, 0.6) is 0 Å². The van der Waals surface area contributed by atoms with Gasteiger partial charge in [-0.3, -0.25) is 0 Å². The highest BCUT2D eigenvalue weighted by molar-refractivity contribution is 5.47. The van der Waals surface area contributed by atoms with Gasteiger partial charge in [0.15, 0.2) is 0 Å². The van der Waals surface area contributed by atoms with Crippen LogP contribution in [-0.2, 0) is 11.3 Å². The minimum atomic E-state index is -0.542. The Kier molecular flexibility index (Phi) is 2.84. The third-order valence-electron chi connectivity index (χ3n) is 1.98. The first kappa shape index (κ1) is 10.6. The van der Waals surface area contributed by atoms with Crippen LogP contribution in [0.4, 0.5) is 5.95 Å². The number of hydrogen-bond acceptors (Lipinski definition) is 6. The Bertz CT molecular complexity index is 546. The van der Waals surface area contributed by atoms with E-state index in [4.69, 9.17) is 15.6 Å². The maximum atomic E-state index is 11.4. The van der Waals surface area contributed by atoms with Gasteiger partial charge in [0.1, 0.15) is 5.65 Å². The molecule has 2 heterocycles. The number of anilines is 1. The van der Waals surface area contributed by atoms with Gasteiger partial charge in [-0.25, -0.2) is 4.79 Å². The number of aliphatic hydroxyl groups is 1. The lowest BCUT2D eigenvalue weighted by Gasteiger charge is -2.00. The van der Waals surface area contributed by atoms with Crippen LogP contribution in [0.1, 0.15) is 5.56 Å². The fourth-order valence-electron chi connectivity index (χ4n) is 1.31. The highest BCUT2D eigenvalue weighted by Crippen LogP contribution is 2.07. The lowest BCUT2D eigenvalue weighted by molar-refractivity contribution is 0.0820. The van der Waals surface area contributed by atoms with Crippen molar-refractivity contribution in [2.24, 2.45) is 0 Å². The molecule has 0 radical (unpaired) electrons. The lowest BCUT2D eigenvalue weighted by Crippen LogP contribution is -2.20. The first-order valence-electron chi connectivity index (χ1n) is 4.63. The summed E-state index contributed by atoms with van der Waals surface area (Å²) in [6.45, 7) is 0.408. The molecule has 0 saturated heterocycles. The topological polar surface area (TPSA) is 119 Å². The van der Waals surface area contributed by atoms with Crippen molar-refractivity contribution >= 4 is 11.6 Å². The number of aromatic amines is 1. The molecule has 0 unspecified atom stereocenters. The lowest BCUT2D eigenvalue weighted by atomic mass is 10.4. The van der Waals surface area contributed by atoms with Crippen LogP contribution in [0.15, 0.2) is 11.0 Å². The number of aromatic nitrogens is 4. The summed E-state index contributed by atoms with van der Waals surface area (Å²) in [5.74, 6) is 0.0291. The zero-order chi connectivity index (χ0) is 11.5. The predicted molar refractivity (Wildman–Crippen MR) is 54.8 cm³/mol. The van der Waals surface area contributed by atoms with Gasteiger partial charge in [0.25, 0.3) is 0 Å². The average molecular weight is 225 g/mol. The number of nitrogen functional groups attached to an aromatic ring is 1. The van der Waals surface area contributed by atoms with Crippen molar-refractivity contribution in [2.75, 3.05) is 18.9 Å². The number of nitrogens with zero attached hydrogens (tertiary/aromatic N) is 3. The van der Waals surface area contributed by atoms with Crippen LogP contribution in [-0.4, -0.2) is 37.9 Å². The summed E-state index contributed by atoms with van der Waals surface area (Å²) in [6, 6.07) is 0. The Morgan fingerprint density at radius 3 is 3.19 bits per heavy atom. The Morgan fingerprint density at radius 1 is 1.62 bits per heavy atom. The fourth-order valence-corrected chi connectivity index (χ4v) is 1.31. The van der Waals surface area contributed by atoms with E-state index in [1.54, 1.807) is 0 Å². The highest BCUT2D eigenvalue weighted by atomic mass is 16.5. The molecule has 2 aromatic rings. The molecule has 0 atom stereocenters. The van der Waals surface area contributed by atoms with Crippen LogP contribution in [0.2, 0.25) is 0 Å². The molecule has 0 aromatic carbocycles. The number of nitrogens with one attached hydrogen (secondary N) is 1. The van der Waals surface area contributed by atoms with E-state index < -0.39 is 5.69 Å². The van der Waals surface area contributed by atoms with Gasteiger partial charge in [-0.05, 0) is 0 Å². The third-order valence-corrected chi connectivity index (χ3v) is 1.98. The summed E-state index contributed by atoms with van der Waals surface area (Å²) in [6.07, 6.45) is 1.49. The van der Waals surface area contributed by atoms with Crippen molar-refractivity contribution in [2.45, 2.75) is 6.61 Å². The second kappa shape index (κ2) is 4.29. The number of rotatable bonds is 4. The summed E-state index contributed by atoms with van der Waals surface area (Å²) >= 11 is 0. The Balaban J connectivity index is 2.36. The zero-order valence-corrected chi connectivity index (χ0v) is 8.38. The van der Waals surface area contributed by atoms with E-state index in [0.717, 1.165) is 4.52 Å². The molecule has 0 fully saturated rings. The summed E-state index contributed by atoms with van der Waals surface area (Å²) in [4.78, 5) is 17.6. The SMILES string of the molecule is Nc1nc(=O)n2ncc(COCCO)c2[nH]1. The third kappa shape index (κ3) is 1.88. The van der Waals surface area contributed by atoms with E-state index in [1.807, 2.05) is 0 Å². The second-order valence-corrected chi connectivity index (χ2v) is 3.11. The quantitative estimate of drug-likeness (QED) is 0.545. The van der Waals surface area contributed by atoms with Gasteiger partial charge in [0.05, 0.1) is 26.0 Å². The van der Waals surface area contributed by atoms with Gasteiger partial charge in [0, 0.05) is 5.56 Å². The minimum Gasteiger partial charge on any atom is -0.394 e. The number of hydrogen-bond donors (Lipinski definition) is 3. The van der Waals surface area contributed by atoms with Gasteiger partial charge in [-0.15, -0.1) is 0 Å². The molecule has 4 N–H and O–H groups in total. The summed E-state index contributed by atoms with van der Waals surface area (Å²) < 4.78 is 6.23. The standard InChI is InChI=1S/C8H11N5O3/c9-7-11-6-5(4-16-2-1-14)3-10-13(6)8(15)12-7/h3,14H,1-2,4H2,(H3,9,11,12,15). The number of ether oxygens (including phenoxy) is 1. The largest absolute Gasteiger partial charge is 0.394 e. The average Bonchev–Trinajstić information content (AvgIpc) is 2.62. The summed E-state index contributed by atoms with van der Waals surface area (Å²) in [7, 11) is 0. The van der Waals surface area contributed by atoms with Gasteiger partial charge < -0.3 is 20.6 Å². The van der Waals surface area contributed by atoms with Gasteiger partial charge >= 0.3 is 5.69 Å². The summed E-state index contributed by atoms with van der Waals surface area (Å²) in [5.41, 5.74) is 6.01. The molecule has 0 spiro atoms. The smallest absolute Gasteiger partial charge is 0.373 e. The van der Waals surface area contributed by atoms with Gasteiger partial charge in [-0.1, -0.05) is 0 Å². The van der Waals surface area contributed by atoms with Crippen LogP contribution < -0.4 is 11.4 Å². The van der Waals surface area contributed by atoms with Crippen molar-refractivity contribution in [1.82, 2.24) is 19.6 Å². The molecule has 8 heteroatoms. The normalized spacial score (nSPS) is 11.1. The van der Waals surface area contributed by atoms with E-state index in [9.17, 15) is 4.79 Å². The maximum absolute atomic E-state index is 11.4. The van der Waals surface area contributed by atoms with Crippen molar-refractivity contribution in [3.05, 3.63) is 22.2 Å². The van der Waals surface area contributed by atoms with Crippen LogP contribution in [0.25, 0.3) is 5.65 Å². The number of fused-ring (bicyclic) bond motifs is 1. The van der Waals surface area contributed by atoms with E-state index in [-0.39, 0.29) is 25.8 Å². The van der Waals surface area contributed by atoms with Crippen molar-refractivity contribution in [3.63, 3.8) is 0 Å². The van der Waals surface area contributed by atoms with Crippen LogP contribution in [0, 0.1) is 0 Å². The second-order valence-electron chi connectivity index (χ2n) is 3.11. The van der Waals surface area contributed by atoms with E-state index in [0.29, 0.717) is 11.2 Å². The molecule has 0 aliphatic carbocycles. The van der Waals surface area contributed by atoms with Crippen molar-refractivity contribution in [1.29, 1.82) is 0 Å². The van der Waals surface area contributed by atoms with Gasteiger partial charge in [-0.2, -0.15) is 14.6 Å². The molecule has 0 aliphatic heterocycles. The van der Waals surface area contributed by atoms with Crippen molar-refractivity contribution in [3.8, 4) is 0 Å². The van der Waals surface area contributed by atoms with Gasteiger partial charge in [0.2, 0.25) is 5.95 Å². The molecule has 16 heavy (non-hydrogen) atoms. The molecular weight excluding hydrogens is 214 g/mol.